The lowest BCUT2D eigenvalue weighted by Crippen LogP contribution is -1.95. The summed E-state index contributed by atoms with van der Waals surface area (Å²) in [6, 6.07) is 0. The summed E-state index contributed by atoms with van der Waals surface area (Å²) >= 11 is 0. The molecule has 0 heterocycles. The molecule has 1 rings (SSSR count). The molecule has 1 unspecified atom stereocenters. The van der Waals surface area contributed by atoms with Crippen molar-refractivity contribution in [3.8, 4) is 0 Å². The Balaban J connectivity index is 2.66. The van der Waals surface area contributed by atoms with Gasteiger partial charge in [-0.2, -0.15) is 0 Å². The maximum atomic E-state index is 12.4. The number of halogens is 1. The molecule has 0 aromatic carbocycles. The van der Waals surface area contributed by atoms with Gasteiger partial charge >= 0.3 is 0 Å². The highest BCUT2D eigenvalue weighted by Gasteiger charge is 2.06. The molecule has 0 fully saturated rings. The summed E-state index contributed by atoms with van der Waals surface area (Å²) in [5, 5.41) is 0. The van der Waals surface area contributed by atoms with Crippen molar-refractivity contribution in [2.45, 2.75) is 13.3 Å². The Labute approximate surface area is 48.7 Å². The monoisotopic (exact) mass is 112 g/mol. The Kier molecular flexibility index (Phi) is 1.47. The molecule has 8 heavy (non-hydrogen) atoms. The topological polar surface area (TPSA) is 0 Å². The molecular formula is C7H9F. The van der Waals surface area contributed by atoms with E-state index in [-0.39, 0.29) is 11.7 Å². The maximum absolute atomic E-state index is 12.4. The highest BCUT2D eigenvalue weighted by molar-refractivity contribution is 5.14. The first kappa shape index (κ1) is 5.54. The molecule has 0 nitrogen and oxygen atoms in total. The van der Waals surface area contributed by atoms with Gasteiger partial charge in [0.2, 0.25) is 0 Å². The second-order valence-electron chi connectivity index (χ2n) is 2.12. The first-order chi connectivity index (χ1) is 3.80. The summed E-state index contributed by atoms with van der Waals surface area (Å²) < 4.78 is 12.4. The first-order valence-electron chi connectivity index (χ1n) is 2.83. The highest BCUT2D eigenvalue weighted by atomic mass is 19.1. The van der Waals surface area contributed by atoms with E-state index in [0.717, 1.165) is 6.42 Å². The van der Waals surface area contributed by atoms with Crippen molar-refractivity contribution in [3.05, 3.63) is 24.1 Å². The van der Waals surface area contributed by atoms with Crippen LogP contribution in [0.3, 0.4) is 0 Å². The van der Waals surface area contributed by atoms with Crippen molar-refractivity contribution in [3.63, 3.8) is 0 Å². The molecule has 0 aliphatic heterocycles. The fourth-order valence-electron chi connectivity index (χ4n) is 0.720. The number of allylic oxidation sites excluding steroid dienone is 4. The normalized spacial score (nSPS) is 27.8. The predicted molar refractivity (Wildman–Crippen MR) is 32.1 cm³/mol. The van der Waals surface area contributed by atoms with Gasteiger partial charge in [0, 0.05) is 5.92 Å². The van der Waals surface area contributed by atoms with Crippen LogP contribution >= 0.6 is 0 Å². The van der Waals surface area contributed by atoms with E-state index in [0.29, 0.717) is 0 Å². The van der Waals surface area contributed by atoms with Crippen molar-refractivity contribution in [1.29, 1.82) is 0 Å². The first-order valence-corrected chi connectivity index (χ1v) is 2.83. The molecule has 0 spiro atoms. The molecule has 1 aliphatic rings. The lowest BCUT2D eigenvalue weighted by Gasteiger charge is -2.07. The minimum Gasteiger partial charge on any atom is -0.212 e. The van der Waals surface area contributed by atoms with Crippen LogP contribution in [0.2, 0.25) is 0 Å². The van der Waals surface area contributed by atoms with E-state index < -0.39 is 0 Å². The van der Waals surface area contributed by atoms with Crippen molar-refractivity contribution in [1.82, 2.24) is 0 Å². The Morgan fingerprint density at radius 3 is 2.88 bits per heavy atom. The summed E-state index contributed by atoms with van der Waals surface area (Å²) in [5.41, 5.74) is 0. The van der Waals surface area contributed by atoms with E-state index in [1.54, 1.807) is 6.08 Å². The van der Waals surface area contributed by atoms with Crippen LogP contribution in [0.4, 0.5) is 4.39 Å². The van der Waals surface area contributed by atoms with Crippen molar-refractivity contribution < 1.29 is 4.39 Å². The molecule has 0 radical (unpaired) electrons. The van der Waals surface area contributed by atoms with E-state index in [1.807, 2.05) is 13.0 Å². The fourth-order valence-corrected chi connectivity index (χ4v) is 0.720. The minimum absolute atomic E-state index is 0.00694. The second kappa shape index (κ2) is 2.12. The molecule has 1 aliphatic carbocycles. The molecule has 0 saturated carbocycles. The van der Waals surface area contributed by atoms with Gasteiger partial charge in [-0.3, -0.25) is 0 Å². The van der Waals surface area contributed by atoms with Crippen LogP contribution in [0, 0.1) is 5.92 Å². The SMILES string of the molecule is CC1CC=CC=C1F. The van der Waals surface area contributed by atoms with Crippen LogP contribution in [0.1, 0.15) is 13.3 Å². The van der Waals surface area contributed by atoms with Crippen LogP contribution in [0.15, 0.2) is 24.1 Å². The van der Waals surface area contributed by atoms with Gasteiger partial charge in [0.05, 0.1) is 0 Å². The zero-order valence-electron chi connectivity index (χ0n) is 4.89. The predicted octanol–water partition coefficient (Wildman–Crippen LogP) is 2.44. The van der Waals surface area contributed by atoms with Crippen LogP contribution in [0.5, 0.6) is 0 Å². The lowest BCUT2D eigenvalue weighted by atomic mass is 10.0. The molecule has 44 valence electrons. The average Bonchev–Trinajstić information content (AvgIpc) is 1.77. The lowest BCUT2D eigenvalue weighted by molar-refractivity contribution is 0.491. The maximum Gasteiger partial charge on any atom is 0.103 e. The molecule has 1 atom stereocenters. The van der Waals surface area contributed by atoms with E-state index in [1.165, 1.54) is 6.08 Å². The van der Waals surface area contributed by atoms with Crippen molar-refractivity contribution in [2.75, 3.05) is 0 Å². The Morgan fingerprint density at radius 2 is 2.50 bits per heavy atom. The molecule has 0 aromatic heterocycles. The minimum atomic E-state index is 0.00694. The van der Waals surface area contributed by atoms with Crippen molar-refractivity contribution in [2.24, 2.45) is 5.92 Å². The summed E-state index contributed by atoms with van der Waals surface area (Å²) in [7, 11) is 0. The Morgan fingerprint density at radius 1 is 1.75 bits per heavy atom. The van der Waals surface area contributed by atoms with Gasteiger partial charge in [-0.05, 0) is 12.5 Å². The highest BCUT2D eigenvalue weighted by Crippen LogP contribution is 2.19. The van der Waals surface area contributed by atoms with Gasteiger partial charge in [0.1, 0.15) is 5.83 Å². The molecule has 1 heteroatoms. The van der Waals surface area contributed by atoms with Gasteiger partial charge in [-0.25, -0.2) is 4.39 Å². The molecule has 0 bridgehead atoms. The van der Waals surface area contributed by atoms with Crippen LogP contribution < -0.4 is 0 Å². The summed E-state index contributed by atoms with van der Waals surface area (Å²) in [4.78, 5) is 0. The molecule has 0 saturated heterocycles. The quantitative estimate of drug-likeness (QED) is 0.451. The zero-order chi connectivity index (χ0) is 5.98. The van der Waals surface area contributed by atoms with E-state index in [4.69, 9.17) is 0 Å². The molecular weight excluding hydrogens is 103 g/mol. The molecule has 0 N–H and O–H groups in total. The van der Waals surface area contributed by atoms with E-state index in [9.17, 15) is 4.39 Å². The summed E-state index contributed by atoms with van der Waals surface area (Å²) in [6.07, 6.45) is 6.11. The van der Waals surface area contributed by atoms with Gasteiger partial charge in [0.15, 0.2) is 0 Å². The van der Waals surface area contributed by atoms with Crippen LogP contribution in [0.25, 0.3) is 0 Å². The van der Waals surface area contributed by atoms with Crippen LogP contribution in [-0.2, 0) is 0 Å². The third kappa shape index (κ3) is 0.971. The fraction of sp³-hybridized carbons (Fsp3) is 0.429. The molecule has 0 amide bonds. The number of hydrogen-bond acceptors (Lipinski definition) is 0. The standard InChI is InChI=1S/C7H9F/c1-6-4-2-3-5-7(6)8/h2-3,5-6H,4H2,1H3. The number of rotatable bonds is 0. The second-order valence-corrected chi connectivity index (χ2v) is 2.12. The summed E-state index contributed by atoms with van der Waals surface area (Å²) in [5.74, 6) is 0.118. The third-order valence-electron chi connectivity index (χ3n) is 1.35. The smallest absolute Gasteiger partial charge is 0.103 e. The Hall–Kier alpha value is -0.590. The van der Waals surface area contributed by atoms with Gasteiger partial charge in [-0.15, -0.1) is 0 Å². The van der Waals surface area contributed by atoms with Crippen molar-refractivity contribution >= 4 is 0 Å². The van der Waals surface area contributed by atoms with Gasteiger partial charge in [-0.1, -0.05) is 19.1 Å². The summed E-state index contributed by atoms with van der Waals surface area (Å²) in [6.45, 7) is 1.88. The van der Waals surface area contributed by atoms with Gasteiger partial charge < -0.3 is 0 Å². The zero-order valence-corrected chi connectivity index (χ0v) is 4.89. The average molecular weight is 112 g/mol. The van der Waals surface area contributed by atoms with Gasteiger partial charge in [0.25, 0.3) is 0 Å². The third-order valence-corrected chi connectivity index (χ3v) is 1.35. The largest absolute Gasteiger partial charge is 0.212 e. The molecule has 0 aromatic rings. The van der Waals surface area contributed by atoms with E-state index in [2.05, 4.69) is 0 Å². The van der Waals surface area contributed by atoms with E-state index >= 15 is 0 Å². The van der Waals surface area contributed by atoms with Crippen LogP contribution in [-0.4, -0.2) is 0 Å². The number of hydrogen-bond donors (Lipinski definition) is 0. The Bertz CT molecular complexity index is 133.